The van der Waals surface area contributed by atoms with Gasteiger partial charge in [0.1, 0.15) is 0 Å². The Hall–Kier alpha value is -1.24. The highest BCUT2D eigenvalue weighted by molar-refractivity contribution is 5.55. The Balaban J connectivity index is 2.98. The van der Waals surface area contributed by atoms with Gasteiger partial charge in [0.25, 0.3) is 0 Å². The third-order valence-corrected chi connectivity index (χ3v) is 1.41. The van der Waals surface area contributed by atoms with Gasteiger partial charge in [0, 0.05) is 12.7 Å². The second kappa shape index (κ2) is 3.06. The lowest BCUT2D eigenvalue weighted by Crippen LogP contribution is -1.86. The molecule has 0 bridgehead atoms. The Morgan fingerprint density at radius 2 is 2.30 bits per heavy atom. The predicted octanol–water partition coefficient (Wildman–Crippen LogP) is 2.37. The van der Waals surface area contributed by atoms with E-state index in [2.05, 4.69) is 11.9 Å². The summed E-state index contributed by atoms with van der Waals surface area (Å²) in [4.78, 5) is 0. The smallest absolute Gasteiger partial charge is 0.0343 e. The minimum Gasteiger partial charge on any atom is -0.388 e. The molecular weight excluding hydrogens is 122 g/mol. The van der Waals surface area contributed by atoms with Crippen LogP contribution in [0.1, 0.15) is 5.56 Å². The van der Waals surface area contributed by atoms with Gasteiger partial charge in [-0.1, -0.05) is 24.8 Å². The lowest BCUT2D eigenvalue weighted by atomic mass is 10.2. The van der Waals surface area contributed by atoms with Crippen LogP contribution in [0.2, 0.25) is 0 Å². The Morgan fingerprint density at radius 1 is 1.50 bits per heavy atom. The molecule has 0 aromatic heterocycles. The Labute approximate surface area is 61.4 Å². The van der Waals surface area contributed by atoms with Crippen LogP contribution >= 0.6 is 0 Å². The minimum atomic E-state index is 1.12. The molecule has 0 spiro atoms. The summed E-state index contributed by atoms with van der Waals surface area (Å²) in [7, 11) is 1.90. The normalized spacial score (nSPS) is 8.90. The van der Waals surface area contributed by atoms with Crippen LogP contribution in [0.3, 0.4) is 0 Å². The molecule has 0 aliphatic carbocycles. The Kier molecular flexibility index (Phi) is 2.11. The first-order valence-corrected chi connectivity index (χ1v) is 3.27. The van der Waals surface area contributed by atoms with E-state index < -0.39 is 0 Å². The molecule has 1 rings (SSSR count). The summed E-state index contributed by atoms with van der Waals surface area (Å²) < 4.78 is 0. The van der Waals surface area contributed by atoms with Crippen molar-refractivity contribution in [2.45, 2.75) is 0 Å². The largest absolute Gasteiger partial charge is 0.388 e. The van der Waals surface area contributed by atoms with Crippen LogP contribution in [0.5, 0.6) is 0 Å². The highest BCUT2D eigenvalue weighted by atomic mass is 14.8. The summed E-state index contributed by atoms with van der Waals surface area (Å²) >= 11 is 0. The SMILES string of the molecule is C=Cc1cccc(NC)c1. The lowest BCUT2D eigenvalue weighted by molar-refractivity contribution is 1.50. The molecule has 0 aliphatic heterocycles. The number of benzene rings is 1. The first-order chi connectivity index (χ1) is 4.86. The number of rotatable bonds is 2. The maximum atomic E-state index is 3.68. The van der Waals surface area contributed by atoms with Crippen LogP contribution in [0, 0.1) is 0 Å². The van der Waals surface area contributed by atoms with E-state index in [1.54, 1.807) is 0 Å². The van der Waals surface area contributed by atoms with Gasteiger partial charge >= 0.3 is 0 Å². The van der Waals surface area contributed by atoms with E-state index in [1.807, 2.05) is 37.4 Å². The molecule has 0 fully saturated rings. The summed E-state index contributed by atoms with van der Waals surface area (Å²) in [5, 5.41) is 3.05. The molecule has 1 nitrogen and oxygen atoms in total. The zero-order chi connectivity index (χ0) is 7.40. The zero-order valence-electron chi connectivity index (χ0n) is 6.09. The van der Waals surface area contributed by atoms with E-state index >= 15 is 0 Å². The molecule has 1 N–H and O–H groups in total. The summed E-state index contributed by atoms with van der Waals surface area (Å²) in [6, 6.07) is 8.09. The Morgan fingerprint density at radius 3 is 2.90 bits per heavy atom. The summed E-state index contributed by atoms with van der Waals surface area (Å²) in [6.45, 7) is 3.68. The average molecular weight is 133 g/mol. The van der Waals surface area contributed by atoms with Crippen molar-refractivity contribution in [3.8, 4) is 0 Å². The van der Waals surface area contributed by atoms with Gasteiger partial charge in [-0.2, -0.15) is 0 Å². The van der Waals surface area contributed by atoms with E-state index in [0.29, 0.717) is 0 Å². The molecular formula is C9H11N. The molecule has 0 amide bonds. The van der Waals surface area contributed by atoms with Crippen molar-refractivity contribution in [1.82, 2.24) is 0 Å². The standard InChI is InChI=1S/C9H11N/c1-3-8-5-4-6-9(7-8)10-2/h3-7,10H,1H2,2H3. The van der Waals surface area contributed by atoms with Gasteiger partial charge in [-0.05, 0) is 17.7 Å². The first-order valence-electron chi connectivity index (χ1n) is 3.27. The fourth-order valence-corrected chi connectivity index (χ4v) is 0.821. The van der Waals surface area contributed by atoms with Crippen molar-refractivity contribution in [3.63, 3.8) is 0 Å². The highest BCUT2D eigenvalue weighted by Gasteiger charge is 1.86. The number of anilines is 1. The summed E-state index contributed by atoms with van der Waals surface area (Å²) in [6.07, 6.45) is 1.83. The molecule has 1 heteroatoms. The van der Waals surface area contributed by atoms with E-state index in [0.717, 1.165) is 11.3 Å². The second-order valence-corrected chi connectivity index (χ2v) is 2.08. The maximum absolute atomic E-state index is 3.68. The molecule has 0 aliphatic rings. The minimum absolute atomic E-state index is 1.12. The highest BCUT2D eigenvalue weighted by Crippen LogP contribution is 2.09. The van der Waals surface area contributed by atoms with Crippen LogP contribution in [0.25, 0.3) is 6.08 Å². The molecule has 1 aromatic carbocycles. The van der Waals surface area contributed by atoms with Gasteiger partial charge in [0.15, 0.2) is 0 Å². The third kappa shape index (κ3) is 1.38. The molecule has 0 saturated heterocycles. The van der Waals surface area contributed by atoms with Crippen LogP contribution in [0.4, 0.5) is 5.69 Å². The summed E-state index contributed by atoms with van der Waals surface area (Å²) in [5.41, 5.74) is 2.27. The van der Waals surface area contributed by atoms with Gasteiger partial charge in [-0.15, -0.1) is 0 Å². The van der Waals surface area contributed by atoms with E-state index in [9.17, 15) is 0 Å². The molecule has 52 valence electrons. The van der Waals surface area contributed by atoms with Crippen molar-refractivity contribution in [2.24, 2.45) is 0 Å². The molecule has 10 heavy (non-hydrogen) atoms. The fraction of sp³-hybridized carbons (Fsp3) is 0.111. The third-order valence-electron chi connectivity index (χ3n) is 1.41. The monoisotopic (exact) mass is 133 g/mol. The molecule has 0 unspecified atom stereocenters. The van der Waals surface area contributed by atoms with E-state index in [4.69, 9.17) is 0 Å². The Bertz CT molecular complexity index is 228. The van der Waals surface area contributed by atoms with Crippen molar-refractivity contribution in [2.75, 3.05) is 12.4 Å². The van der Waals surface area contributed by atoms with Crippen molar-refractivity contribution in [1.29, 1.82) is 0 Å². The van der Waals surface area contributed by atoms with Crippen LogP contribution < -0.4 is 5.32 Å². The van der Waals surface area contributed by atoms with Crippen LogP contribution in [-0.2, 0) is 0 Å². The van der Waals surface area contributed by atoms with Gasteiger partial charge in [-0.25, -0.2) is 0 Å². The van der Waals surface area contributed by atoms with Crippen molar-refractivity contribution < 1.29 is 0 Å². The predicted molar refractivity (Wildman–Crippen MR) is 46.1 cm³/mol. The van der Waals surface area contributed by atoms with E-state index in [1.165, 1.54) is 0 Å². The van der Waals surface area contributed by atoms with Crippen LogP contribution in [0.15, 0.2) is 30.8 Å². The molecule has 0 radical (unpaired) electrons. The maximum Gasteiger partial charge on any atom is 0.0343 e. The van der Waals surface area contributed by atoms with Gasteiger partial charge in [-0.3, -0.25) is 0 Å². The average Bonchev–Trinajstić information content (AvgIpc) is 2.05. The first kappa shape index (κ1) is 6.87. The molecule has 0 heterocycles. The summed E-state index contributed by atoms with van der Waals surface area (Å²) in [5.74, 6) is 0. The number of hydrogen-bond acceptors (Lipinski definition) is 1. The molecule has 1 aromatic rings. The van der Waals surface area contributed by atoms with Crippen molar-refractivity contribution in [3.05, 3.63) is 36.4 Å². The van der Waals surface area contributed by atoms with Gasteiger partial charge < -0.3 is 5.32 Å². The zero-order valence-corrected chi connectivity index (χ0v) is 6.09. The van der Waals surface area contributed by atoms with Crippen LogP contribution in [-0.4, -0.2) is 7.05 Å². The number of hydrogen-bond donors (Lipinski definition) is 1. The second-order valence-electron chi connectivity index (χ2n) is 2.08. The molecule has 0 atom stereocenters. The van der Waals surface area contributed by atoms with E-state index in [-0.39, 0.29) is 0 Å². The lowest BCUT2D eigenvalue weighted by Gasteiger charge is -1.99. The fourth-order valence-electron chi connectivity index (χ4n) is 0.821. The van der Waals surface area contributed by atoms with Gasteiger partial charge in [0.05, 0.1) is 0 Å². The quantitative estimate of drug-likeness (QED) is 0.653. The molecule has 0 saturated carbocycles. The van der Waals surface area contributed by atoms with Gasteiger partial charge in [0.2, 0.25) is 0 Å². The van der Waals surface area contributed by atoms with Crippen molar-refractivity contribution >= 4 is 11.8 Å². The topological polar surface area (TPSA) is 12.0 Å². The number of nitrogens with one attached hydrogen (secondary N) is 1.